The number of nitrogens with one attached hydrogen (secondary N) is 1. The summed E-state index contributed by atoms with van der Waals surface area (Å²) in [5.41, 5.74) is 1.10. The first-order chi connectivity index (χ1) is 8.69. The second-order valence-electron chi connectivity index (χ2n) is 4.88. The molecular weight excluding hydrogens is 270 g/mol. The number of rotatable bonds is 4. The Labute approximate surface area is 119 Å². The lowest BCUT2D eigenvalue weighted by molar-refractivity contribution is 0.151. The number of benzene rings is 1. The lowest BCUT2D eigenvalue weighted by atomic mass is 10.0. The van der Waals surface area contributed by atoms with E-state index in [2.05, 4.69) is 10.2 Å². The van der Waals surface area contributed by atoms with Gasteiger partial charge in [-0.25, -0.2) is 8.78 Å². The van der Waals surface area contributed by atoms with Gasteiger partial charge < -0.3 is 5.32 Å². The van der Waals surface area contributed by atoms with Gasteiger partial charge in [0.2, 0.25) is 0 Å². The summed E-state index contributed by atoms with van der Waals surface area (Å²) < 4.78 is 25.2. The average molecular weight is 291 g/mol. The van der Waals surface area contributed by atoms with Gasteiger partial charge in [-0.15, -0.1) is 12.4 Å². The Balaban J connectivity index is 0.00000180. The number of hydrogen-bond acceptors (Lipinski definition) is 2. The van der Waals surface area contributed by atoms with Gasteiger partial charge in [0.15, 0.2) is 0 Å². The standard InChI is InChI=1S/C14H20F2N2.ClH/c1-17-13-5-7-18(8-6-13)10-11-3-2-4-12(9-11)14(15)16;/h2-4,9,13-14,17H,5-8,10H2,1H3;1H. The molecule has 2 rings (SSSR count). The zero-order chi connectivity index (χ0) is 13.0. The third-order valence-corrected chi connectivity index (χ3v) is 3.61. The van der Waals surface area contributed by atoms with E-state index in [4.69, 9.17) is 0 Å². The number of piperidine rings is 1. The smallest absolute Gasteiger partial charge is 0.263 e. The van der Waals surface area contributed by atoms with Gasteiger partial charge in [0.25, 0.3) is 6.43 Å². The monoisotopic (exact) mass is 290 g/mol. The molecule has 1 aliphatic heterocycles. The van der Waals surface area contributed by atoms with Crippen LogP contribution in [0.4, 0.5) is 8.78 Å². The molecule has 0 atom stereocenters. The Bertz CT molecular complexity index is 379. The highest BCUT2D eigenvalue weighted by molar-refractivity contribution is 5.85. The number of nitrogens with zero attached hydrogens (tertiary/aromatic N) is 1. The maximum absolute atomic E-state index is 12.6. The van der Waals surface area contributed by atoms with E-state index in [1.54, 1.807) is 12.1 Å². The average Bonchev–Trinajstić information content (AvgIpc) is 2.40. The number of halogens is 3. The minimum Gasteiger partial charge on any atom is -0.317 e. The quantitative estimate of drug-likeness (QED) is 0.916. The second kappa shape index (κ2) is 7.78. The Hall–Kier alpha value is -0.710. The van der Waals surface area contributed by atoms with Crippen LogP contribution in [0, 0.1) is 0 Å². The van der Waals surface area contributed by atoms with Gasteiger partial charge in [-0.1, -0.05) is 18.2 Å². The lowest BCUT2D eigenvalue weighted by Crippen LogP contribution is -2.40. The Kier molecular flexibility index (Phi) is 6.69. The molecule has 19 heavy (non-hydrogen) atoms. The summed E-state index contributed by atoms with van der Waals surface area (Å²) in [4.78, 5) is 2.33. The summed E-state index contributed by atoms with van der Waals surface area (Å²) >= 11 is 0. The van der Waals surface area contributed by atoms with Gasteiger partial charge in [0.05, 0.1) is 0 Å². The van der Waals surface area contributed by atoms with Crippen molar-refractivity contribution in [2.75, 3.05) is 20.1 Å². The van der Waals surface area contributed by atoms with Gasteiger partial charge >= 0.3 is 0 Å². The van der Waals surface area contributed by atoms with Crippen LogP contribution in [0.1, 0.15) is 30.4 Å². The molecule has 0 amide bonds. The molecular formula is C14H21ClF2N2. The summed E-state index contributed by atoms with van der Waals surface area (Å²) in [6.45, 7) is 2.84. The molecule has 1 saturated heterocycles. The fourth-order valence-corrected chi connectivity index (χ4v) is 2.47. The van der Waals surface area contributed by atoms with Crippen LogP contribution in [-0.4, -0.2) is 31.1 Å². The molecule has 1 fully saturated rings. The highest BCUT2D eigenvalue weighted by Gasteiger charge is 2.18. The predicted octanol–water partition coefficient (Wildman–Crippen LogP) is 3.23. The van der Waals surface area contributed by atoms with Crippen molar-refractivity contribution in [1.29, 1.82) is 0 Å². The molecule has 0 aromatic heterocycles. The van der Waals surface area contributed by atoms with E-state index < -0.39 is 6.43 Å². The van der Waals surface area contributed by atoms with Crippen LogP contribution in [0.15, 0.2) is 24.3 Å². The number of hydrogen-bond donors (Lipinski definition) is 1. The van der Waals surface area contributed by atoms with Crippen LogP contribution in [0.2, 0.25) is 0 Å². The molecule has 5 heteroatoms. The van der Waals surface area contributed by atoms with E-state index in [0.29, 0.717) is 6.04 Å². The number of likely N-dealkylation sites (tertiary alicyclic amines) is 1. The van der Waals surface area contributed by atoms with E-state index in [1.165, 1.54) is 6.07 Å². The molecule has 108 valence electrons. The van der Waals surface area contributed by atoms with Crippen LogP contribution in [0.5, 0.6) is 0 Å². The molecule has 0 aliphatic carbocycles. The summed E-state index contributed by atoms with van der Waals surface area (Å²) in [6.07, 6.45) is -0.115. The topological polar surface area (TPSA) is 15.3 Å². The summed E-state index contributed by atoms with van der Waals surface area (Å²) in [7, 11) is 1.99. The molecule has 1 heterocycles. The van der Waals surface area contributed by atoms with E-state index >= 15 is 0 Å². The van der Waals surface area contributed by atoms with Crippen LogP contribution in [-0.2, 0) is 6.54 Å². The van der Waals surface area contributed by atoms with Gasteiger partial charge in [-0.2, -0.15) is 0 Å². The third kappa shape index (κ3) is 4.71. The molecule has 0 unspecified atom stereocenters. The van der Waals surface area contributed by atoms with Gasteiger partial charge in [0.1, 0.15) is 0 Å². The highest BCUT2D eigenvalue weighted by atomic mass is 35.5. The van der Waals surface area contributed by atoms with Crippen molar-refractivity contribution in [2.45, 2.75) is 31.9 Å². The molecule has 1 N–H and O–H groups in total. The largest absolute Gasteiger partial charge is 0.317 e. The minimum absolute atomic E-state index is 0. The summed E-state index contributed by atoms with van der Waals surface area (Å²) in [5.74, 6) is 0. The van der Waals surface area contributed by atoms with E-state index in [0.717, 1.165) is 38.0 Å². The highest BCUT2D eigenvalue weighted by Crippen LogP contribution is 2.21. The van der Waals surface area contributed by atoms with Crippen molar-refractivity contribution in [3.63, 3.8) is 0 Å². The molecule has 0 spiro atoms. The van der Waals surface area contributed by atoms with Gasteiger partial charge in [-0.05, 0) is 44.6 Å². The fourth-order valence-electron chi connectivity index (χ4n) is 2.47. The first-order valence-corrected chi connectivity index (χ1v) is 6.45. The maximum atomic E-state index is 12.6. The minimum atomic E-state index is -2.38. The van der Waals surface area contributed by atoms with Crippen LogP contribution in [0.3, 0.4) is 0 Å². The van der Waals surface area contributed by atoms with E-state index in [-0.39, 0.29) is 18.0 Å². The van der Waals surface area contributed by atoms with Crippen LogP contribution >= 0.6 is 12.4 Å². The van der Waals surface area contributed by atoms with Crippen molar-refractivity contribution in [3.8, 4) is 0 Å². The zero-order valence-electron chi connectivity index (χ0n) is 11.1. The lowest BCUT2D eigenvalue weighted by Gasteiger charge is -2.31. The first-order valence-electron chi connectivity index (χ1n) is 6.45. The van der Waals surface area contributed by atoms with Crippen molar-refractivity contribution in [3.05, 3.63) is 35.4 Å². The first kappa shape index (κ1) is 16.3. The molecule has 1 aromatic carbocycles. The third-order valence-electron chi connectivity index (χ3n) is 3.61. The molecule has 0 saturated carbocycles. The van der Waals surface area contributed by atoms with Crippen LogP contribution < -0.4 is 5.32 Å². The Morgan fingerprint density at radius 2 is 2.00 bits per heavy atom. The number of alkyl halides is 2. The van der Waals surface area contributed by atoms with Crippen molar-refractivity contribution in [1.82, 2.24) is 10.2 Å². The Morgan fingerprint density at radius 3 is 2.58 bits per heavy atom. The fraction of sp³-hybridized carbons (Fsp3) is 0.571. The molecule has 0 bridgehead atoms. The summed E-state index contributed by atoms with van der Waals surface area (Å²) in [6, 6.07) is 7.36. The van der Waals surface area contributed by atoms with Gasteiger partial charge in [0, 0.05) is 18.2 Å². The van der Waals surface area contributed by atoms with E-state index in [9.17, 15) is 8.78 Å². The molecule has 1 aliphatic rings. The van der Waals surface area contributed by atoms with Crippen molar-refractivity contribution in [2.24, 2.45) is 0 Å². The second-order valence-corrected chi connectivity index (χ2v) is 4.88. The molecule has 0 radical (unpaired) electrons. The predicted molar refractivity (Wildman–Crippen MR) is 76.0 cm³/mol. The van der Waals surface area contributed by atoms with Crippen molar-refractivity contribution < 1.29 is 8.78 Å². The van der Waals surface area contributed by atoms with Crippen molar-refractivity contribution >= 4 is 12.4 Å². The van der Waals surface area contributed by atoms with Crippen LogP contribution in [0.25, 0.3) is 0 Å². The van der Waals surface area contributed by atoms with E-state index in [1.807, 2.05) is 13.1 Å². The van der Waals surface area contributed by atoms with Gasteiger partial charge in [-0.3, -0.25) is 4.90 Å². The zero-order valence-corrected chi connectivity index (χ0v) is 11.9. The molecule has 1 aromatic rings. The summed E-state index contributed by atoms with van der Waals surface area (Å²) in [5, 5.41) is 3.29. The maximum Gasteiger partial charge on any atom is 0.263 e. The normalized spacial score (nSPS) is 17.5. The Morgan fingerprint density at radius 1 is 1.32 bits per heavy atom. The molecule has 2 nitrogen and oxygen atoms in total. The SMILES string of the molecule is CNC1CCN(Cc2cccc(C(F)F)c2)CC1.Cl.